The Labute approximate surface area is 249 Å². The molecule has 4 atom stereocenters. The molecule has 0 unspecified atom stereocenters. The third kappa shape index (κ3) is 4.67. The number of phenolic OH excluding ortho intramolecular Hbond substituents is 2. The molecule has 6 rings (SSSR count). The molecule has 8 heteroatoms. The molecular weight excluding hydrogens is 559 g/mol. The van der Waals surface area contributed by atoms with Crippen LogP contribution >= 0.6 is 23.2 Å². The molecule has 2 aliphatic rings. The Morgan fingerprint density at radius 3 is 1.46 bits per heavy atom. The molecule has 0 radical (unpaired) electrons. The number of phenols is 2. The van der Waals surface area contributed by atoms with Gasteiger partial charge in [-0.15, -0.1) is 23.2 Å². The van der Waals surface area contributed by atoms with Gasteiger partial charge in [0.05, 0.1) is 11.4 Å². The summed E-state index contributed by atoms with van der Waals surface area (Å²) < 4.78 is 0. The van der Waals surface area contributed by atoms with Crippen molar-refractivity contribution in [3.8, 4) is 11.5 Å². The zero-order valence-corrected chi connectivity index (χ0v) is 24.5. The minimum Gasteiger partial charge on any atom is -0.507 e. The van der Waals surface area contributed by atoms with Crippen LogP contribution in [0.1, 0.15) is 56.1 Å². The first-order valence-corrected chi connectivity index (χ1v) is 14.9. The van der Waals surface area contributed by atoms with Gasteiger partial charge in [-0.25, -0.2) is 0 Å². The fourth-order valence-electron chi connectivity index (χ4n) is 6.61. The van der Waals surface area contributed by atoms with Crippen LogP contribution in [0, 0.1) is 0 Å². The standard InChI is InChI=1S/C33H32Cl2N2O4/c1-18(34)24-16-36(26-14-28(38)20-8-3-5-10-22(20)32(24)26)30(40)12-7-13-31(41)37-17-25(19(2)35)33-23-11-6-4-9-21(23)29(39)15-27(33)37/h3-6,8-11,14-15,18-19,24-25,38-39H,7,12-13,16-17H2,1-2H3/t18-,19-,24+,25+/m1/s1. The van der Waals surface area contributed by atoms with E-state index in [4.69, 9.17) is 23.2 Å². The zero-order valence-electron chi connectivity index (χ0n) is 23.0. The van der Waals surface area contributed by atoms with Crippen LogP contribution in [0.25, 0.3) is 21.5 Å². The molecule has 2 amide bonds. The molecule has 0 bridgehead atoms. The lowest BCUT2D eigenvalue weighted by atomic mass is 9.92. The number of halogens is 2. The molecule has 0 aliphatic carbocycles. The first-order chi connectivity index (χ1) is 19.7. The number of rotatable bonds is 6. The maximum atomic E-state index is 13.5. The van der Waals surface area contributed by atoms with E-state index in [9.17, 15) is 19.8 Å². The Morgan fingerprint density at radius 1 is 0.732 bits per heavy atom. The third-order valence-electron chi connectivity index (χ3n) is 8.66. The van der Waals surface area contributed by atoms with Gasteiger partial charge in [0.2, 0.25) is 11.8 Å². The highest BCUT2D eigenvalue weighted by atomic mass is 35.5. The summed E-state index contributed by atoms with van der Waals surface area (Å²) in [5.41, 5.74) is 3.33. The fraction of sp³-hybridized carbons (Fsp3) is 0.333. The maximum absolute atomic E-state index is 13.5. The summed E-state index contributed by atoms with van der Waals surface area (Å²) in [5, 5.41) is 24.3. The highest BCUT2D eigenvalue weighted by molar-refractivity contribution is 6.22. The molecular formula is C33H32Cl2N2O4. The van der Waals surface area contributed by atoms with Crippen molar-refractivity contribution in [3.63, 3.8) is 0 Å². The summed E-state index contributed by atoms with van der Waals surface area (Å²) in [6.45, 7) is 4.71. The normalized spacial score (nSPS) is 19.4. The molecule has 0 saturated carbocycles. The van der Waals surface area contributed by atoms with Crippen molar-refractivity contribution in [2.45, 2.75) is 55.7 Å². The minimum atomic E-state index is -0.207. The quantitative estimate of drug-likeness (QED) is 0.229. The van der Waals surface area contributed by atoms with Crippen molar-refractivity contribution in [1.29, 1.82) is 0 Å². The smallest absolute Gasteiger partial charge is 0.227 e. The van der Waals surface area contributed by atoms with E-state index in [2.05, 4.69) is 0 Å². The maximum Gasteiger partial charge on any atom is 0.227 e. The van der Waals surface area contributed by atoms with E-state index in [0.717, 1.165) is 32.7 Å². The summed E-state index contributed by atoms with van der Waals surface area (Å²) in [6.07, 6.45) is 0.735. The molecule has 212 valence electrons. The topological polar surface area (TPSA) is 81.1 Å². The molecule has 0 spiro atoms. The monoisotopic (exact) mass is 590 g/mol. The molecule has 4 aromatic carbocycles. The Balaban J connectivity index is 1.20. The van der Waals surface area contributed by atoms with Crippen LogP contribution < -0.4 is 9.80 Å². The molecule has 6 nitrogen and oxygen atoms in total. The van der Waals surface area contributed by atoms with Crippen molar-refractivity contribution in [2.75, 3.05) is 22.9 Å². The van der Waals surface area contributed by atoms with Crippen LogP contribution in [0.4, 0.5) is 11.4 Å². The van der Waals surface area contributed by atoms with E-state index in [1.165, 1.54) is 0 Å². The van der Waals surface area contributed by atoms with Crippen LogP contribution in [0.2, 0.25) is 0 Å². The lowest BCUT2D eigenvalue weighted by Crippen LogP contribution is -2.32. The van der Waals surface area contributed by atoms with Crippen molar-refractivity contribution in [2.24, 2.45) is 0 Å². The second kappa shape index (κ2) is 10.7. The Hall–Kier alpha value is -3.48. The molecule has 4 aromatic rings. The van der Waals surface area contributed by atoms with E-state index >= 15 is 0 Å². The number of hydrogen-bond donors (Lipinski definition) is 2. The van der Waals surface area contributed by atoms with Gasteiger partial charge in [0, 0.05) is 71.4 Å². The number of fused-ring (bicyclic) bond motifs is 6. The van der Waals surface area contributed by atoms with Crippen molar-refractivity contribution in [1.82, 2.24) is 0 Å². The van der Waals surface area contributed by atoms with Crippen molar-refractivity contribution < 1.29 is 19.8 Å². The lowest BCUT2D eigenvalue weighted by molar-refractivity contribution is -0.119. The van der Waals surface area contributed by atoms with E-state index < -0.39 is 0 Å². The highest BCUT2D eigenvalue weighted by Crippen LogP contribution is 2.48. The number of alkyl halides is 2. The predicted octanol–water partition coefficient (Wildman–Crippen LogP) is 7.39. The van der Waals surface area contributed by atoms with Crippen molar-refractivity contribution >= 4 is 67.9 Å². The largest absolute Gasteiger partial charge is 0.507 e. The van der Waals surface area contributed by atoms with Crippen LogP contribution in [0.5, 0.6) is 11.5 Å². The summed E-state index contributed by atoms with van der Waals surface area (Å²) >= 11 is 13.2. The summed E-state index contributed by atoms with van der Waals surface area (Å²) in [5.74, 6) is -0.0947. The van der Waals surface area contributed by atoms with Gasteiger partial charge in [0.25, 0.3) is 0 Å². The number of amides is 2. The second-order valence-electron chi connectivity index (χ2n) is 11.2. The number of benzene rings is 4. The minimum absolute atomic E-state index is 0.0687. The predicted molar refractivity (Wildman–Crippen MR) is 166 cm³/mol. The van der Waals surface area contributed by atoms with Gasteiger partial charge in [-0.1, -0.05) is 48.5 Å². The SMILES string of the molecule is C[C@@H](Cl)[C@@H]1CN(C(=O)CCCC(=O)N2C[C@@H]([C@@H](C)Cl)c3c2cc(O)c2ccccc32)c2cc(O)c3ccccc3c21. The highest BCUT2D eigenvalue weighted by Gasteiger charge is 2.38. The molecule has 0 fully saturated rings. The van der Waals surface area contributed by atoms with Gasteiger partial charge in [-0.2, -0.15) is 0 Å². The third-order valence-corrected chi connectivity index (χ3v) is 9.27. The summed E-state index contributed by atoms with van der Waals surface area (Å²) in [7, 11) is 0. The Kier molecular flexibility index (Phi) is 7.25. The average Bonchev–Trinajstić information content (AvgIpc) is 3.53. The number of nitrogens with zero attached hydrogens (tertiary/aromatic N) is 2. The molecule has 2 aliphatic heterocycles. The number of aromatic hydroxyl groups is 2. The van der Waals surface area contributed by atoms with Crippen LogP contribution in [-0.4, -0.2) is 45.9 Å². The molecule has 2 N–H and O–H groups in total. The average molecular weight is 592 g/mol. The number of hydrogen-bond acceptors (Lipinski definition) is 4. The number of carbonyl (C=O) groups excluding carboxylic acids is 2. The molecule has 2 heterocycles. The molecule has 41 heavy (non-hydrogen) atoms. The number of carbonyl (C=O) groups is 2. The fourth-order valence-corrected chi connectivity index (χ4v) is 7.02. The van der Waals surface area contributed by atoms with Gasteiger partial charge < -0.3 is 20.0 Å². The van der Waals surface area contributed by atoms with Crippen LogP contribution in [0.15, 0.2) is 60.7 Å². The van der Waals surface area contributed by atoms with Crippen LogP contribution in [-0.2, 0) is 9.59 Å². The number of anilines is 2. The van der Waals surface area contributed by atoms with E-state index in [0.29, 0.717) is 30.9 Å². The van der Waals surface area contributed by atoms with Gasteiger partial charge in [-0.05, 0) is 42.2 Å². The van der Waals surface area contributed by atoms with Crippen molar-refractivity contribution in [3.05, 3.63) is 71.8 Å². The van der Waals surface area contributed by atoms with E-state index in [1.807, 2.05) is 62.4 Å². The zero-order chi connectivity index (χ0) is 29.0. The second-order valence-corrected chi connectivity index (χ2v) is 12.6. The van der Waals surface area contributed by atoms with Gasteiger partial charge >= 0.3 is 0 Å². The molecule has 0 aromatic heterocycles. The summed E-state index contributed by atoms with van der Waals surface area (Å²) in [6, 6.07) is 18.6. The van der Waals surface area contributed by atoms with Crippen LogP contribution in [0.3, 0.4) is 0 Å². The first-order valence-electron chi connectivity index (χ1n) is 14.1. The summed E-state index contributed by atoms with van der Waals surface area (Å²) in [4.78, 5) is 30.4. The van der Waals surface area contributed by atoms with E-state index in [1.54, 1.807) is 21.9 Å². The van der Waals surface area contributed by atoms with Gasteiger partial charge in [0.15, 0.2) is 0 Å². The first kappa shape index (κ1) is 27.7. The lowest BCUT2D eigenvalue weighted by Gasteiger charge is -2.20. The van der Waals surface area contributed by atoms with Gasteiger partial charge in [-0.3, -0.25) is 9.59 Å². The van der Waals surface area contributed by atoms with Gasteiger partial charge in [0.1, 0.15) is 11.5 Å². The molecule has 0 saturated heterocycles. The Morgan fingerprint density at radius 2 is 1.10 bits per heavy atom. The van der Waals surface area contributed by atoms with E-state index in [-0.39, 0.29) is 58.7 Å². The Bertz CT molecular complexity index is 1560.